The predicted octanol–water partition coefficient (Wildman–Crippen LogP) is 0.304. The summed E-state index contributed by atoms with van der Waals surface area (Å²) in [5, 5.41) is 3.06. The molecule has 0 aromatic heterocycles. The van der Waals surface area contributed by atoms with Crippen molar-refractivity contribution in [3.63, 3.8) is 0 Å². The fraction of sp³-hybridized carbons (Fsp3) is 0.500. The summed E-state index contributed by atoms with van der Waals surface area (Å²) in [5.74, 6) is 0.465. The molecule has 1 aliphatic rings. The highest BCUT2D eigenvalue weighted by Crippen LogP contribution is 2.14. The lowest BCUT2D eigenvalue weighted by Crippen LogP contribution is -2.47. The van der Waals surface area contributed by atoms with Gasteiger partial charge in [0.25, 0.3) is 0 Å². The lowest BCUT2D eigenvalue weighted by atomic mass is 10.0. The van der Waals surface area contributed by atoms with E-state index < -0.39 is 0 Å². The van der Waals surface area contributed by atoms with E-state index in [2.05, 4.69) is 5.32 Å². The van der Waals surface area contributed by atoms with Crippen molar-refractivity contribution in [3.05, 3.63) is 29.8 Å². The number of primary amides is 1. The van der Waals surface area contributed by atoms with Crippen LogP contribution < -0.4 is 15.8 Å². The van der Waals surface area contributed by atoms with E-state index in [9.17, 15) is 9.59 Å². The Kier molecular flexibility index (Phi) is 5.77. The van der Waals surface area contributed by atoms with Crippen molar-refractivity contribution in [1.82, 2.24) is 10.2 Å². The summed E-state index contributed by atoms with van der Waals surface area (Å²) in [6.45, 7) is 1.87. The number of piperidine rings is 1. The summed E-state index contributed by atoms with van der Waals surface area (Å²) in [4.78, 5) is 25.0. The molecule has 1 saturated heterocycles. The number of hydrogen-bond donors (Lipinski definition) is 2. The number of nitrogens with zero attached hydrogens (tertiary/aromatic N) is 1. The molecule has 0 bridgehead atoms. The lowest BCUT2D eigenvalue weighted by Gasteiger charge is -2.31. The number of nitrogens with two attached hydrogens (primary N) is 1. The highest BCUT2D eigenvalue weighted by Gasteiger charge is 2.21. The van der Waals surface area contributed by atoms with Gasteiger partial charge in [0.05, 0.1) is 20.1 Å². The van der Waals surface area contributed by atoms with E-state index in [-0.39, 0.29) is 17.9 Å². The van der Waals surface area contributed by atoms with Crippen LogP contribution in [-0.2, 0) is 16.0 Å². The second-order valence-electron chi connectivity index (χ2n) is 5.61. The smallest absolute Gasteiger partial charge is 0.231 e. The molecule has 1 aromatic carbocycles. The topological polar surface area (TPSA) is 84.7 Å². The Hall–Kier alpha value is -2.08. The number of carbonyl (C=O) groups is 2. The molecule has 6 heteroatoms. The van der Waals surface area contributed by atoms with E-state index in [0.29, 0.717) is 13.0 Å². The quantitative estimate of drug-likeness (QED) is 0.792. The number of amides is 2. The third-order valence-corrected chi connectivity index (χ3v) is 3.83. The molecule has 1 aromatic rings. The van der Waals surface area contributed by atoms with Crippen molar-refractivity contribution in [2.75, 3.05) is 26.7 Å². The maximum absolute atomic E-state index is 12.1. The monoisotopic (exact) mass is 305 g/mol. The van der Waals surface area contributed by atoms with Gasteiger partial charge in [0, 0.05) is 19.1 Å². The van der Waals surface area contributed by atoms with Gasteiger partial charge in [-0.1, -0.05) is 12.1 Å². The average molecular weight is 305 g/mol. The summed E-state index contributed by atoms with van der Waals surface area (Å²) in [6.07, 6.45) is 2.03. The highest BCUT2D eigenvalue weighted by atomic mass is 16.5. The Labute approximate surface area is 130 Å². The van der Waals surface area contributed by atoms with Crippen LogP contribution in [0, 0.1) is 0 Å². The Morgan fingerprint density at radius 3 is 2.73 bits per heavy atom. The predicted molar refractivity (Wildman–Crippen MR) is 83.5 cm³/mol. The van der Waals surface area contributed by atoms with E-state index in [0.717, 1.165) is 37.2 Å². The first-order valence-corrected chi connectivity index (χ1v) is 7.50. The summed E-state index contributed by atoms with van der Waals surface area (Å²) >= 11 is 0. The van der Waals surface area contributed by atoms with Crippen molar-refractivity contribution in [3.8, 4) is 5.75 Å². The van der Waals surface area contributed by atoms with Gasteiger partial charge in [0.2, 0.25) is 11.8 Å². The minimum atomic E-state index is -0.305. The Balaban J connectivity index is 1.77. The van der Waals surface area contributed by atoms with Gasteiger partial charge >= 0.3 is 0 Å². The molecule has 0 unspecified atom stereocenters. The van der Waals surface area contributed by atoms with Crippen LogP contribution in [0.25, 0.3) is 0 Å². The van der Waals surface area contributed by atoms with E-state index in [1.54, 1.807) is 7.11 Å². The van der Waals surface area contributed by atoms with Gasteiger partial charge < -0.3 is 15.8 Å². The molecule has 0 saturated carbocycles. The minimum Gasteiger partial charge on any atom is -0.497 e. The van der Waals surface area contributed by atoms with Crippen LogP contribution in [0.5, 0.6) is 5.75 Å². The van der Waals surface area contributed by atoms with E-state index in [1.807, 2.05) is 29.2 Å². The highest BCUT2D eigenvalue weighted by molar-refractivity contribution is 5.79. The summed E-state index contributed by atoms with van der Waals surface area (Å²) in [5.41, 5.74) is 6.12. The Bertz CT molecular complexity index is 525. The van der Waals surface area contributed by atoms with E-state index >= 15 is 0 Å². The van der Waals surface area contributed by atoms with E-state index in [4.69, 9.17) is 10.5 Å². The van der Waals surface area contributed by atoms with Crippen LogP contribution in [0.2, 0.25) is 0 Å². The minimum absolute atomic E-state index is 0.0154. The first-order chi connectivity index (χ1) is 10.6. The summed E-state index contributed by atoms with van der Waals surface area (Å²) in [7, 11) is 1.61. The molecule has 0 spiro atoms. The first-order valence-electron chi connectivity index (χ1n) is 7.50. The van der Waals surface area contributed by atoms with Crippen LogP contribution in [0.4, 0.5) is 0 Å². The van der Waals surface area contributed by atoms with Crippen molar-refractivity contribution in [1.29, 1.82) is 0 Å². The third-order valence-electron chi connectivity index (χ3n) is 3.83. The summed E-state index contributed by atoms with van der Waals surface area (Å²) in [6, 6.07) is 7.69. The molecular formula is C16H23N3O3. The van der Waals surface area contributed by atoms with Gasteiger partial charge in [-0.3, -0.25) is 14.5 Å². The largest absolute Gasteiger partial charge is 0.497 e. The lowest BCUT2D eigenvalue weighted by molar-refractivity contribution is -0.122. The molecule has 2 amide bonds. The Morgan fingerprint density at radius 1 is 1.36 bits per heavy atom. The molecule has 1 aliphatic heterocycles. The second kappa shape index (κ2) is 7.79. The van der Waals surface area contributed by atoms with Crippen LogP contribution in [0.1, 0.15) is 18.4 Å². The second-order valence-corrected chi connectivity index (χ2v) is 5.61. The first kappa shape index (κ1) is 16.3. The molecule has 1 heterocycles. The molecule has 2 rings (SSSR count). The standard InChI is InChI=1S/C16H23N3O3/c1-22-14-4-2-3-12(9-14)10-16(21)18-13-5-7-19(8-6-13)11-15(17)20/h2-4,9,13H,5-8,10-11H2,1H3,(H2,17,20)(H,18,21). The van der Waals surface area contributed by atoms with Gasteiger partial charge in [-0.25, -0.2) is 0 Å². The van der Waals surface area contributed by atoms with Crippen molar-refractivity contribution in [2.24, 2.45) is 5.73 Å². The van der Waals surface area contributed by atoms with Crippen molar-refractivity contribution >= 4 is 11.8 Å². The molecule has 1 fully saturated rings. The number of rotatable bonds is 6. The van der Waals surface area contributed by atoms with Crippen LogP contribution in [-0.4, -0.2) is 49.5 Å². The molecule has 3 N–H and O–H groups in total. The third kappa shape index (κ3) is 5.04. The molecule has 6 nitrogen and oxygen atoms in total. The number of carbonyl (C=O) groups excluding carboxylic acids is 2. The normalized spacial score (nSPS) is 16.2. The summed E-state index contributed by atoms with van der Waals surface area (Å²) < 4.78 is 5.15. The Morgan fingerprint density at radius 2 is 2.09 bits per heavy atom. The molecule has 0 radical (unpaired) electrons. The number of nitrogens with one attached hydrogen (secondary N) is 1. The van der Waals surface area contributed by atoms with Crippen molar-refractivity contribution < 1.29 is 14.3 Å². The van der Waals surface area contributed by atoms with Gasteiger partial charge in [-0.15, -0.1) is 0 Å². The van der Waals surface area contributed by atoms with Gasteiger partial charge in [0.1, 0.15) is 5.75 Å². The number of hydrogen-bond acceptors (Lipinski definition) is 4. The van der Waals surface area contributed by atoms with Crippen LogP contribution in [0.15, 0.2) is 24.3 Å². The zero-order valence-electron chi connectivity index (χ0n) is 12.9. The van der Waals surface area contributed by atoms with E-state index in [1.165, 1.54) is 0 Å². The van der Waals surface area contributed by atoms with Gasteiger partial charge in [-0.05, 0) is 30.5 Å². The maximum Gasteiger partial charge on any atom is 0.231 e. The fourth-order valence-electron chi connectivity index (χ4n) is 2.70. The molecule has 22 heavy (non-hydrogen) atoms. The molecular weight excluding hydrogens is 282 g/mol. The van der Waals surface area contributed by atoms with Gasteiger partial charge in [-0.2, -0.15) is 0 Å². The number of ether oxygens (including phenoxy) is 1. The number of benzene rings is 1. The van der Waals surface area contributed by atoms with Crippen molar-refractivity contribution in [2.45, 2.75) is 25.3 Å². The molecule has 0 atom stereocenters. The molecule has 120 valence electrons. The number of likely N-dealkylation sites (tertiary alicyclic amines) is 1. The zero-order valence-corrected chi connectivity index (χ0v) is 12.9. The SMILES string of the molecule is COc1cccc(CC(=O)NC2CCN(CC(N)=O)CC2)c1. The average Bonchev–Trinajstić information content (AvgIpc) is 2.49. The number of methoxy groups -OCH3 is 1. The molecule has 0 aliphatic carbocycles. The van der Waals surface area contributed by atoms with Gasteiger partial charge in [0.15, 0.2) is 0 Å². The van der Waals surface area contributed by atoms with Crippen LogP contribution >= 0.6 is 0 Å². The maximum atomic E-state index is 12.1. The zero-order chi connectivity index (χ0) is 15.9. The fourth-order valence-corrected chi connectivity index (χ4v) is 2.70. The van der Waals surface area contributed by atoms with Crippen LogP contribution in [0.3, 0.4) is 0 Å².